The van der Waals surface area contributed by atoms with Gasteiger partial charge in [0.2, 0.25) is 0 Å². The van der Waals surface area contributed by atoms with Crippen molar-refractivity contribution in [3.63, 3.8) is 0 Å². The van der Waals surface area contributed by atoms with Gasteiger partial charge in [0.25, 0.3) is 5.91 Å². The maximum Gasteiger partial charge on any atom is 0.265 e. The fourth-order valence-electron chi connectivity index (χ4n) is 1.45. The van der Waals surface area contributed by atoms with E-state index in [2.05, 4.69) is 12.2 Å². The first-order chi connectivity index (χ1) is 8.19. The maximum atomic E-state index is 11.8. The van der Waals surface area contributed by atoms with Crippen molar-refractivity contribution < 1.29 is 4.79 Å². The summed E-state index contributed by atoms with van der Waals surface area (Å²) < 4.78 is 0.622. The van der Waals surface area contributed by atoms with E-state index in [0.29, 0.717) is 9.21 Å². The van der Waals surface area contributed by atoms with Crippen LogP contribution in [0.5, 0.6) is 0 Å². The average Bonchev–Trinajstić information content (AvgIpc) is 2.77. The second kappa shape index (κ2) is 5.34. The van der Waals surface area contributed by atoms with E-state index in [0.717, 1.165) is 12.1 Å². The number of hydrogen-bond acceptors (Lipinski definition) is 2. The van der Waals surface area contributed by atoms with E-state index in [1.54, 1.807) is 12.1 Å². The number of halogens is 1. The highest BCUT2D eigenvalue weighted by Gasteiger charge is 2.08. The van der Waals surface area contributed by atoms with Crippen molar-refractivity contribution >= 4 is 34.5 Å². The summed E-state index contributed by atoms with van der Waals surface area (Å²) in [6, 6.07) is 11.3. The van der Waals surface area contributed by atoms with Gasteiger partial charge in [-0.25, -0.2) is 0 Å². The summed E-state index contributed by atoms with van der Waals surface area (Å²) in [7, 11) is 0. The SMILES string of the molecule is CCc1ccc(NC(=O)c2ccc(Cl)s2)cc1. The molecule has 1 aromatic carbocycles. The standard InChI is InChI=1S/C13H12ClNOS/c1-2-9-3-5-10(6-4-9)15-13(16)11-7-8-12(14)17-11/h3-8H,2H2,1H3,(H,15,16). The monoisotopic (exact) mass is 265 g/mol. The van der Waals surface area contributed by atoms with Crippen molar-refractivity contribution in [2.24, 2.45) is 0 Å². The Morgan fingerprint density at radius 1 is 1.24 bits per heavy atom. The molecule has 0 aliphatic heterocycles. The third kappa shape index (κ3) is 3.08. The van der Waals surface area contributed by atoms with Crippen LogP contribution in [0, 0.1) is 0 Å². The molecule has 0 spiro atoms. The van der Waals surface area contributed by atoms with Crippen molar-refractivity contribution in [1.29, 1.82) is 0 Å². The van der Waals surface area contributed by atoms with Crippen molar-refractivity contribution in [2.75, 3.05) is 5.32 Å². The fraction of sp³-hybridized carbons (Fsp3) is 0.154. The number of hydrogen-bond donors (Lipinski definition) is 1. The Hall–Kier alpha value is -1.32. The molecule has 2 aromatic rings. The van der Waals surface area contributed by atoms with Crippen LogP contribution in [0.15, 0.2) is 36.4 Å². The number of carbonyl (C=O) groups is 1. The summed E-state index contributed by atoms with van der Waals surface area (Å²) >= 11 is 7.06. The van der Waals surface area contributed by atoms with Gasteiger partial charge >= 0.3 is 0 Å². The molecule has 2 rings (SSSR count). The third-order valence-corrected chi connectivity index (χ3v) is 3.65. The lowest BCUT2D eigenvalue weighted by Crippen LogP contribution is -2.09. The first-order valence-electron chi connectivity index (χ1n) is 5.34. The van der Waals surface area contributed by atoms with Crippen LogP contribution in [-0.4, -0.2) is 5.91 Å². The average molecular weight is 266 g/mol. The summed E-state index contributed by atoms with van der Waals surface area (Å²) in [5.41, 5.74) is 2.05. The van der Waals surface area contributed by atoms with Gasteiger partial charge in [-0.1, -0.05) is 30.7 Å². The lowest BCUT2D eigenvalue weighted by atomic mass is 10.1. The van der Waals surface area contributed by atoms with Gasteiger partial charge in [0, 0.05) is 5.69 Å². The molecule has 1 N–H and O–H groups in total. The van der Waals surface area contributed by atoms with Crippen LogP contribution >= 0.6 is 22.9 Å². The number of carbonyl (C=O) groups excluding carboxylic acids is 1. The van der Waals surface area contributed by atoms with Gasteiger partial charge in [-0.2, -0.15) is 0 Å². The molecule has 0 aliphatic carbocycles. The number of amides is 1. The molecule has 0 unspecified atom stereocenters. The van der Waals surface area contributed by atoms with Gasteiger partial charge in [-0.05, 0) is 36.2 Å². The minimum absolute atomic E-state index is 0.119. The van der Waals surface area contributed by atoms with E-state index in [1.807, 2.05) is 24.3 Å². The van der Waals surface area contributed by atoms with Crippen LogP contribution in [0.25, 0.3) is 0 Å². The molecule has 2 nitrogen and oxygen atoms in total. The van der Waals surface area contributed by atoms with Crippen LogP contribution in [0.1, 0.15) is 22.2 Å². The molecule has 88 valence electrons. The molecule has 0 bridgehead atoms. The minimum atomic E-state index is -0.119. The Labute approximate surface area is 109 Å². The molecular formula is C13H12ClNOS. The molecule has 17 heavy (non-hydrogen) atoms. The molecule has 1 aromatic heterocycles. The smallest absolute Gasteiger partial charge is 0.265 e. The Morgan fingerprint density at radius 3 is 2.47 bits per heavy atom. The van der Waals surface area contributed by atoms with Crippen molar-refractivity contribution in [2.45, 2.75) is 13.3 Å². The first kappa shape index (κ1) is 12.1. The molecule has 0 radical (unpaired) electrons. The highest BCUT2D eigenvalue weighted by Crippen LogP contribution is 2.22. The van der Waals surface area contributed by atoms with Crippen molar-refractivity contribution in [3.8, 4) is 0 Å². The lowest BCUT2D eigenvalue weighted by molar-refractivity contribution is 0.103. The Bertz CT molecular complexity index is 518. The zero-order chi connectivity index (χ0) is 12.3. The summed E-state index contributed by atoms with van der Waals surface area (Å²) in [6.07, 6.45) is 0.995. The van der Waals surface area contributed by atoms with Crippen LogP contribution in [-0.2, 0) is 6.42 Å². The Balaban J connectivity index is 2.07. The fourth-order valence-corrected chi connectivity index (χ4v) is 2.39. The summed E-state index contributed by atoms with van der Waals surface area (Å²) in [4.78, 5) is 12.4. The van der Waals surface area contributed by atoms with Gasteiger partial charge in [-0.3, -0.25) is 4.79 Å². The number of nitrogens with one attached hydrogen (secondary N) is 1. The highest BCUT2D eigenvalue weighted by molar-refractivity contribution is 7.18. The van der Waals surface area contributed by atoms with Gasteiger partial charge in [0.1, 0.15) is 0 Å². The predicted molar refractivity (Wildman–Crippen MR) is 73.1 cm³/mol. The van der Waals surface area contributed by atoms with E-state index >= 15 is 0 Å². The van der Waals surface area contributed by atoms with E-state index < -0.39 is 0 Å². The van der Waals surface area contributed by atoms with Crippen molar-refractivity contribution in [1.82, 2.24) is 0 Å². The first-order valence-corrected chi connectivity index (χ1v) is 6.54. The molecule has 4 heteroatoms. The zero-order valence-electron chi connectivity index (χ0n) is 9.37. The molecule has 0 atom stereocenters. The third-order valence-electron chi connectivity index (χ3n) is 2.42. The van der Waals surface area contributed by atoms with E-state index in [1.165, 1.54) is 16.9 Å². The topological polar surface area (TPSA) is 29.1 Å². The largest absolute Gasteiger partial charge is 0.321 e. The van der Waals surface area contributed by atoms with Gasteiger partial charge in [0.15, 0.2) is 0 Å². The quantitative estimate of drug-likeness (QED) is 0.885. The number of thiophene rings is 1. The molecular weight excluding hydrogens is 254 g/mol. The summed E-state index contributed by atoms with van der Waals surface area (Å²) in [6.45, 7) is 2.10. The molecule has 0 saturated carbocycles. The second-order valence-electron chi connectivity index (χ2n) is 3.61. The van der Waals surface area contributed by atoms with Crippen LogP contribution in [0.4, 0.5) is 5.69 Å². The molecule has 0 saturated heterocycles. The van der Waals surface area contributed by atoms with Crippen LogP contribution < -0.4 is 5.32 Å². The zero-order valence-corrected chi connectivity index (χ0v) is 10.9. The number of anilines is 1. The maximum absolute atomic E-state index is 11.8. The summed E-state index contributed by atoms with van der Waals surface area (Å²) in [5.74, 6) is -0.119. The molecule has 1 heterocycles. The second-order valence-corrected chi connectivity index (χ2v) is 5.32. The van der Waals surface area contributed by atoms with E-state index in [4.69, 9.17) is 11.6 Å². The van der Waals surface area contributed by atoms with E-state index in [9.17, 15) is 4.79 Å². The molecule has 0 fully saturated rings. The number of aryl methyl sites for hydroxylation is 1. The predicted octanol–water partition coefficient (Wildman–Crippen LogP) is 4.22. The van der Waals surface area contributed by atoms with Crippen molar-refractivity contribution in [3.05, 3.63) is 51.2 Å². The Kier molecular flexibility index (Phi) is 3.82. The van der Waals surface area contributed by atoms with Crippen LogP contribution in [0.3, 0.4) is 0 Å². The Morgan fingerprint density at radius 2 is 1.94 bits per heavy atom. The normalized spacial score (nSPS) is 10.2. The van der Waals surface area contributed by atoms with Gasteiger partial charge < -0.3 is 5.32 Å². The van der Waals surface area contributed by atoms with Gasteiger partial charge in [0.05, 0.1) is 9.21 Å². The highest BCUT2D eigenvalue weighted by atomic mass is 35.5. The number of benzene rings is 1. The summed E-state index contributed by atoms with van der Waals surface area (Å²) in [5, 5.41) is 2.84. The van der Waals surface area contributed by atoms with E-state index in [-0.39, 0.29) is 5.91 Å². The molecule has 0 aliphatic rings. The van der Waals surface area contributed by atoms with Crippen LogP contribution in [0.2, 0.25) is 4.34 Å². The number of rotatable bonds is 3. The lowest BCUT2D eigenvalue weighted by Gasteiger charge is -2.04. The molecule has 1 amide bonds. The minimum Gasteiger partial charge on any atom is -0.321 e. The van der Waals surface area contributed by atoms with Gasteiger partial charge in [-0.15, -0.1) is 11.3 Å².